The fraction of sp³-hybridized carbons (Fsp3) is 0.538. The number of aliphatic hydroxyl groups is 1. The quantitative estimate of drug-likeness (QED) is 0.601. The number of benzene rings is 1. The Balaban J connectivity index is 2.56. The van der Waals surface area contributed by atoms with Crippen molar-refractivity contribution in [2.45, 2.75) is 32.9 Å². The van der Waals surface area contributed by atoms with Gasteiger partial charge in [0.15, 0.2) is 0 Å². The van der Waals surface area contributed by atoms with Gasteiger partial charge < -0.3 is 10.4 Å². The Kier molecular flexibility index (Phi) is 5.25. The van der Waals surface area contributed by atoms with E-state index in [2.05, 4.69) is 5.32 Å². The molecule has 0 aromatic heterocycles. The molecule has 0 saturated carbocycles. The zero-order chi connectivity index (χ0) is 13.7. The van der Waals surface area contributed by atoms with Crippen LogP contribution in [0.5, 0.6) is 0 Å². The van der Waals surface area contributed by atoms with Gasteiger partial charge in [0.05, 0.1) is 11.0 Å². The van der Waals surface area contributed by atoms with E-state index in [1.807, 2.05) is 20.8 Å². The first-order chi connectivity index (χ1) is 8.41. The molecule has 0 saturated heterocycles. The Labute approximate surface area is 107 Å². The van der Waals surface area contributed by atoms with Gasteiger partial charge in [-0.15, -0.1) is 0 Å². The summed E-state index contributed by atoms with van der Waals surface area (Å²) in [5, 5.41) is 23.4. The smallest absolute Gasteiger partial charge is 0.269 e. The van der Waals surface area contributed by atoms with Gasteiger partial charge in [-0.25, -0.2) is 0 Å². The topological polar surface area (TPSA) is 75.4 Å². The Hall–Kier alpha value is -1.46. The van der Waals surface area contributed by atoms with Crippen molar-refractivity contribution >= 4 is 5.69 Å². The molecule has 0 aliphatic rings. The Bertz CT molecular complexity index is 390. The lowest BCUT2D eigenvalue weighted by Crippen LogP contribution is -2.32. The lowest BCUT2D eigenvalue weighted by Gasteiger charge is -2.19. The van der Waals surface area contributed by atoms with Gasteiger partial charge in [-0.3, -0.25) is 10.1 Å². The van der Waals surface area contributed by atoms with E-state index in [0.717, 1.165) is 5.56 Å². The molecule has 0 heterocycles. The number of nitrogens with zero attached hydrogens (tertiary/aromatic N) is 1. The molecule has 5 heteroatoms. The normalized spacial score (nSPS) is 14.5. The molecule has 5 nitrogen and oxygen atoms in total. The van der Waals surface area contributed by atoms with Crippen LogP contribution in [-0.4, -0.2) is 22.7 Å². The van der Waals surface area contributed by atoms with Crippen LogP contribution in [0.25, 0.3) is 0 Å². The van der Waals surface area contributed by atoms with Gasteiger partial charge in [0.25, 0.3) is 5.69 Å². The Morgan fingerprint density at radius 2 is 1.83 bits per heavy atom. The van der Waals surface area contributed by atoms with Gasteiger partial charge in [0, 0.05) is 24.7 Å². The molecular weight excluding hydrogens is 232 g/mol. The molecule has 0 amide bonds. The van der Waals surface area contributed by atoms with E-state index in [-0.39, 0.29) is 23.8 Å². The zero-order valence-corrected chi connectivity index (χ0v) is 11.0. The number of aliphatic hydroxyl groups excluding tert-OH is 1. The number of hydrogen-bond donors (Lipinski definition) is 2. The number of hydrogen-bond acceptors (Lipinski definition) is 4. The summed E-state index contributed by atoms with van der Waals surface area (Å²) in [5.74, 6) is 0.210. The summed E-state index contributed by atoms with van der Waals surface area (Å²) in [5.41, 5.74) is 1.06. The van der Waals surface area contributed by atoms with E-state index >= 15 is 0 Å². The predicted octanol–water partition coefficient (Wildman–Crippen LogP) is 2.26. The Morgan fingerprint density at radius 1 is 1.28 bits per heavy atom. The molecule has 0 radical (unpaired) electrons. The SMILES string of the molecule is CC(NCC(O)C(C)C)c1ccc([N+](=O)[O-])cc1. The predicted molar refractivity (Wildman–Crippen MR) is 70.4 cm³/mol. The number of nitro benzene ring substituents is 1. The lowest BCUT2D eigenvalue weighted by atomic mass is 10.1. The van der Waals surface area contributed by atoms with Gasteiger partial charge in [-0.2, -0.15) is 0 Å². The van der Waals surface area contributed by atoms with Crippen molar-refractivity contribution in [1.82, 2.24) is 5.32 Å². The van der Waals surface area contributed by atoms with Gasteiger partial charge in [0.2, 0.25) is 0 Å². The van der Waals surface area contributed by atoms with E-state index < -0.39 is 4.92 Å². The summed E-state index contributed by atoms with van der Waals surface area (Å²) in [7, 11) is 0. The molecule has 100 valence electrons. The third-order valence-corrected chi connectivity index (χ3v) is 3.01. The van der Waals surface area contributed by atoms with Gasteiger partial charge in [-0.05, 0) is 18.4 Å². The molecule has 2 unspecified atom stereocenters. The van der Waals surface area contributed by atoms with Crippen LogP contribution in [0, 0.1) is 16.0 Å². The zero-order valence-electron chi connectivity index (χ0n) is 11.0. The van der Waals surface area contributed by atoms with E-state index in [9.17, 15) is 15.2 Å². The highest BCUT2D eigenvalue weighted by Gasteiger charge is 2.12. The molecule has 1 aromatic rings. The van der Waals surface area contributed by atoms with Crippen molar-refractivity contribution in [1.29, 1.82) is 0 Å². The van der Waals surface area contributed by atoms with Gasteiger partial charge in [0.1, 0.15) is 0 Å². The van der Waals surface area contributed by atoms with Gasteiger partial charge in [-0.1, -0.05) is 26.0 Å². The van der Waals surface area contributed by atoms with E-state index in [0.29, 0.717) is 6.54 Å². The van der Waals surface area contributed by atoms with Crippen molar-refractivity contribution in [2.24, 2.45) is 5.92 Å². The van der Waals surface area contributed by atoms with E-state index in [4.69, 9.17) is 0 Å². The summed E-state index contributed by atoms with van der Waals surface area (Å²) < 4.78 is 0. The molecular formula is C13H20N2O3. The van der Waals surface area contributed by atoms with Gasteiger partial charge >= 0.3 is 0 Å². The molecule has 0 aliphatic heterocycles. The summed E-state index contributed by atoms with van der Waals surface area (Å²) in [6.07, 6.45) is -0.384. The minimum atomic E-state index is -0.412. The molecule has 1 aromatic carbocycles. The van der Waals surface area contributed by atoms with Crippen LogP contribution in [0.15, 0.2) is 24.3 Å². The van der Waals surface area contributed by atoms with Crippen molar-refractivity contribution in [3.8, 4) is 0 Å². The molecule has 2 atom stereocenters. The minimum Gasteiger partial charge on any atom is -0.392 e. The number of rotatable bonds is 6. The van der Waals surface area contributed by atoms with Crippen LogP contribution in [0.4, 0.5) is 5.69 Å². The molecule has 2 N–H and O–H groups in total. The fourth-order valence-corrected chi connectivity index (χ4v) is 1.54. The second-order valence-electron chi connectivity index (χ2n) is 4.79. The standard InChI is InChI=1S/C13H20N2O3/c1-9(2)13(16)8-14-10(3)11-4-6-12(7-5-11)15(17)18/h4-7,9-10,13-14,16H,8H2,1-3H3. The molecule has 1 rings (SSSR count). The summed E-state index contributed by atoms with van der Waals surface area (Å²) >= 11 is 0. The molecule has 18 heavy (non-hydrogen) atoms. The average molecular weight is 252 g/mol. The summed E-state index contributed by atoms with van der Waals surface area (Å²) in [6, 6.07) is 6.51. The van der Waals surface area contributed by atoms with Crippen molar-refractivity contribution in [2.75, 3.05) is 6.54 Å². The number of nitro groups is 1. The minimum absolute atomic E-state index is 0.0548. The first kappa shape index (κ1) is 14.6. The highest BCUT2D eigenvalue weighted by Crippen LogP contribution is 2.17. The fourth-order valence-electron chi connectivity index (χ4n) is 1.54. The van der Waals surface area contributed by atoms with Crippen molar-refractivity contribution in [3.05, 3.63) is 39.9 Å². The second kappa shape index (κ2) is 6.47. The monoisotopic (exact) mass is 252 g/mol. The van der Waals surface area contributed by atoms with Crippen molar-refractivity contribution < 1.29 is 10.0 Å². The third-order valence-electron chi connectivity index (χ3n) is 3.01. The first-order valence-electron chi connectivity index (χ1n) is 6.07. The van der Waals surface area contributed by atoms with Crippen LogP contribution < -0.4 is 5.32 Å². The lowest BCUT2D eigenvalue weighted by molar-refractivity contribution is -0.384. The maximum atomic E-state index is 10.5. The van der Waals surface area contributed by atoms with Crippen LogP contribution >= 0.6 is 0 Å². The number of non-ortho nitro benzene ring substituents is 1. The third kappa shape index (κ3) is 4.09. The Morgan fingerprint density at radius 3 is 2.28 bits per heavy atom. The van der Waals surface area contributed by atoms with Crippen LogP contribution in [0.1, 0.15) is 32.4 Å². The molecule has 0 fully saturated rings. The van der Waals surface area contributed by atoms with Crippen LogP contribution in [-0.2, 0) is 0 Å². The summed E-state index contributed by atoms with van der Waals surface area (Å²) in [4.78, 5) is 10.1. The maximum absolute atomic E-state index is 10.5. The molecule has 0 aliphatic carbocycles. The molecule has 0 spiro atoms. The highest BCUT2D eigenvalue weighted by atomic mass is 16.6. The summed E-state index contributed by atoms with van der Waals surface area (Å²) in [6.45, 7) is 6.40. The second-order valence-corrected chi connectivity index (χ2v) is 4.79. The maximum Gasteiger partial charge on any atom is 0.269 e. The van der Waals surface area contributed by atoms with Crippen LogP contribution in [0.3, 0.4) is 0 Å². The van der Waals surface area contributed by atoms with E-state index in [1.54, 1.807) is 12.1 Å². The largest absolute Gasteiger partial charge is 0.392 e. The van der Waals surface area contributed by atoms with E-state index in [1.165, 1.54) is 12.1 Å². The first-order valence-corrected chi connectivity index (χ1v) is 6.07. The van der Waals surface area contributed by atoms with Crippen LogP contribution in [0.2, 0.25) is 0 Å². The average Bonchev–Trinajstić information content (AvgIpc) is 2.35. The number of nitrogens with one attached hydrogen (secondary N) is 1. The van der Waals surface area contributed by atoms with Crippen molar-refractivity contribution in [3.63, 3.8) is 0 Å². The highest BCUT2D eigenvalue weighted by molar-refractivity contribution is 5.33. The molecule has 0 bridgehead atoms.